The highest BCUT2D eigenvalue weighted by Crippen LogP contribution is 2.17. The predicted molar refractivity (Wildman–Crippen MR) is 91.9 cm³/mol. The monoisotopic (exact) mass is 308 g/mol. The van der Waals surface area contributed by atoms with Crippen LogP contribution >= 0.6 is 0 Å². The molecule has 0 aliphatic rings. The van der Waals surface area contributed by atoms with Crippen LogP contribution in [0.1, 0.15) is 23.9 Å². The summed E-state index contributed by atoms with van der Waals surface area (Å²) in [5.41, 5.74) is 3.18. The topological polar surface area (TPSA) is 63.0 Å². The van der Waals surface area contributed by atoms with Crippen LogP contribution in [0.15, 0.2) is 53.1 Å². The first-order chi connectivity index (χ1) is 11.2. The van der Waals surface area contributed by atoms with Crippen molar-refractivity contribution in [1.82, 2.24) is 9.97 Å². The second kappa shape index (κ2) is 6.96. The summed E-state index contributed by atoms with van der Waals surface area (Å²) in [6.07, 6.45) is 2.69. The summed E-state index contributed by atoms with van der Waals surface area (Å²) in [7, 11) is 0. The van der Waals surface area contributed by atoms with Gasteiger partial charge in [-0.3, -0.25) is 0 Å². The summed E-state index contributed by atoms with van der Waals surface area (Å²) in [6, 6.07) is 14.0. The van der Waals surface area contributed by atoms with Gasteiger partial charge in [0.1, 0.15) is 11.6 Å². The molecule has 5 nitrogen and oxygen atoms in total. The van der Waals surface area contributed by atoms with E-state index in [9.17, 15) is 0 Å². The molecule has 0 amide bonds. The molecular weight excluding hydrogens is 288 g/mol. The SMILES string of the molecule is CCc1ccc(Nc2nc(C)cc(NCc3ccco3)n2)cc1. The first-order valence-electron chi connectivity index (χ1n) is 7.71. The van der Waals surface area contributed by atoms with Gasteiger partial charge >= 0.3 is 0 Å². The minimum absolute atomic E-state index is 0.580. The Labute approximate surface area is 135 Å². The summed E-state index contributed by atoms with van der Waals surface area (Å²) < 4.78 is 5.31. The number of nitrogens with zero attached hydrogens (tertiary/aromatic N) is 2. The summed E-state index contributed by atoms with van der Waals surface area (Å²) in [6.45, 7) is 4.68. The van der Waals surface area contributed by atoms with E-state index in [1.54, 1.807) is 6.26 Å². The molecule has 3 aromatic rings. The van der Waals surface area contributed by atoms with Crippen LogP contribution < -0.4 is 10.6 Å². The number of hydrogen-bond acceptors (Lipinski definition) is 5. The highest BCUT2D eigenvalue weighted by molar-refractivity contribution is 5.55. The number of furan rings is 1. The van der Waals surface area contributed by atoms with Gasteiger partial charge < -0.3 is 15.1 Å². The number of hydrogen-bond donors (Lipinski definition) is 2. The van der Waals surface area contributed by atoms with Crippen LogP contribution in [-0.2, 0) is 13.0 Å². The number of anilines is 3. The lowest BCUT2D eigenvalue weighted by Gasteiger charge is -2.09. The fourth-order valence-electron chi connectivity index (χ4n) is 2.26. The van der Waals surface area contributed by atoms with Crippen molar-refractivity contribution in [3.63, 3.8) is 0 Å². The van der Waals surface area contributed by atoms with E-state index in [0.717, 1.165) is 29.4 Å². The molecule has 0 bridgehead atoms. The largest absolute Gasteiger partial charge is 0.467 e. The molecule has 0 aliphatic carbocycles. The van der Waals surface area contributed by atoms with E-state index in [2.05, 4.69) is 39.7 Å². The van der Waals surface area contributed by atoms with Crippen LogP contribution in [0.2, 0.25) is 0 Å². The maximum absolute atomic E-state index is 5.31. The van der Waals surface area contributed by atoms with Crippen molar-refractivity contribution in [2.45, 2.75) is 26.8 Å². The van der Waals surface area contributed by atoms with Crippen molar-refractivity contribution in [2.75, 3.05) is 10.6 Å². The first-order valence-corrected chi connectivity index (χ1v) is 7.71. The second-order valence-electron chi connectivity index (χ2n) is 5.33. The van der Waals surface area contributed by atoms with Gasteiger partial charge in [0.05, 0.1) is 12.8 Å². The zero-order valence-corrected chi connectivity index (χ0v) is 13.3. The Balaban J connectivity index is 1.71. The Hall–Kier alpha value is -2.82. The molecule has 2 heterocycles. The lowest BCUT2D eigenvalue weighted by molar-refractivity contribution is 0.518. The van der Waals surface area contributed by atoms with Gasteiger partial charge in [-0.05, 0) is 43.2 Å². The predicted octanol–water partition coefficient (Wildman–Crippen LogP) is 4.30. The first kappa shape index (κ1) is 15.1. The summed E-state index contributed by atoms with van der Waals surface area (Å²) >= 11 is 0. The Kier molecular flexibility index (Phi) is 4.57. The number of rotatable bonds is 6. The average Bonchev–Trinajstić information content (AvgIpc) is 3.07. The van der Waals surface area contributed by atoms with Crippen molar-refractivity contribution < 1.29 is 4.42 Å². The van der Waals surface area contributed by atoms with Crippen LogP contribution in [0.5, 0.6) is 0 Å². The van der Waals surface area contributed by atoms with Gasteiger partial charge in [-0.2, -0.15) is 4.98 Å². The number of aryl methyl sites for hydroxylation is 2. The molecule has 5 heteroatoms. The minimum Gasteiger partial charge on any atom is -0.467 e. The van der Waals surface area contributed by atoms with Gasteiger partial charge in [-0.25, -0.2) is 4.98 Å². The molecule has 0 fully saturated rings. The van der Waals surface area contributed by atoms with Crippen LogP contribution in [0.4, 0.5) is 17.5 Å². The molecule has 0 radical (unpaired) electrons. The van der Waals surface area contributed by atoms with Crippen molar-refractivity contribution in [3.8, 4) is 0 Å². The maximum atomic E-state index is 5.31. The molecule has 1 aromatic carbocycles. The van der Waals surface area contributed by atoms with E-state index in [4.69, 9.17) is 4.42 Å². The van der Waals surface area contributed by atoms with Crippen LogP contribution in [0.3, 0.4) is 0 Å². The molecule has 0 saturated heterocycles. The van der Waals surface area contributed by atoms with E-state index in [1.807, 2.05) is 37.3 Å². The third kappa shape index (κ3) is 4.10. The molecule has 23 heavy (non-hydrogen) atoms. The fraction of sp³-hybridized carbons (Fsp3) is 0.222. The lowest BCUT2D eigenvalue weighted by Crippen LogP contribution is -2.05. The van der Waals surface area contributed by atoms with Gasteiger partial charge in [-0.1, -0.05) is 19.1 Å². The molecular formula is C18H20N4O. The second-order valence-corrected chi connectivity index (χ2v) is 5.33. The van der Waals surface area contributed by atoms with E-state index in [1.165, 1.54) is 5.56 Å². The number of nitrogens with one attached hydrogen (secondary N) is 2. The van der Waals surface area contributed by atoms with Crippen LogP contribution in [-0.4, -0.2) is 9.97 Å². The molecule has 3 rings (SSSR count). The van der Waals surface area contributed by atoms with Crippen LogP contribution in [0.25, 0.3) is 0 Å². The van der Waals surface area contributed by atoms with E-state index in [0.29, 0.717) is 12.5 Å². The third-order valence-corrected chi connectivity index (χ3v) is 3.50. The smallest absolute Gasteiger partial charge is 0.229 e. The van der Waals surface area contributed by atoms with E-state index in [-0.39, 0.29) is 0 Å². The zero-order chi connectivity index (χ0) is 16.1. The molecule has 0 spiro atoms. The maximum Gasteiger partial charge on any atom is 0.229 e. The van der Waals surface area contributed by atoms with Gasteiger partial charge in [0, 0.05) is 17.4 Å². The van der Waals surface area contributed by atoms with Gasteiger partial charge in [0.15, 0.2) is 0 Å². The summed E-state index contributed by atoms with van der Waals surface area (Å²) in [5, 5.41) is 6.49. The normalized spacial score (nSPS) is 10.5. The lowest BCUT2D eigenvalue weighted by atomic mass is 10.1. The zero-order valence-electron chi connectivity index (χ0n) is 13.3. The molecule has 2 N–H and O–H groups in total. The Morgan fingerprint density at radius 2 is 1.91 bits per heavy atom. The molecule has 0 atom stereocenters. The third-order valence-electron chi connectivity index (χ3n) is 3.50. The van der Waals surface area contributed by atoms with Gasteiger partial charge in [-0.15, -0.1) is 0 Å². The number of benzene rings is 1. The van der Waals surface area contributed by atoms with Crippen molar-refractivity contribution in [1.29, 1.82) is 0 Å². The quantitative estimate of drug-likeness (QED) is 0.711. The molecule has 0 unspecified atom stereocenters. The van der Waals surface area contributed by atoms with E-state index < -0.39 is 0 Å². The van der Waals surface area contributed by atoms with E-state index >= 15 is 0 Å². The highest BCUT2D eigenvalue weighted by atomic mass is 16.3. The van der Waals surface area contributed by atoms with Gasteiger partial charge in [0.2, 0.25) is 5.95 Å². The van der Waals surface area contributed by atoms with Gasteiger partial charge in [0.25, 0.3) is 0 Å². The fourth-order valence-corrected chi connectivity index (χ4v) is 2.26. The summed E-state index contributed by atoms with van der Waals surface area (Å²) in [4.78, 5) is 8.93. The van der Waals surface area contributed by atoms with Crippen LogP contribution in [0, 0.1) is 6.92 Å². The Bertz CT molecular complexity index is 751. The molecule has 0 aliphatic heterocycles. The van der Waals surface area contributed by atoms with Crippen molar-refractivity contribution in [3.05, 3.63) is 65.7 Å². The van der Waals surface area contributed by atoms with Crippen molar-refractivity contribution in [2.24, 2.45) is 0 Å². The Morgan fingerprint density at radius 1 is 1.09 bits per heavy atom. The number of aromatic nitrogens is 2. The summed E-state index contributed by atoms with van der Waals surface area (Å²) in [5.74, 6) is 2.21. The molecule has 118 valence electrons. The Morgan fingerprint density at radius 3 is 2.61 bits per heavy atom. The molecule has 2 aromatic heterocycles. The minimum atomic E-state index is 0.580. The average molecular weight is 308 g/mol. The highest BCUT2D eigenvalue weighted by Gasteiger charge is 2.04. The molecule has 0 saturated carbocycles. The standard InChI is InChI=1S/C18H20N4O/c1-3-14-6-8-15(9-7-14)21-18-20-13(2)11-17(22-18)19-12-16-5-4-10-23-16/h4-11H,3,12H2,1-2H3,(H2,19,20,21,22). The van der Waals surface area contributed by atoms with Crippen molar-refractivity contribution >= 4 is 17.5 Å².